The van der Waals surface area contributed by atoms with E-state index in [0.717, 1.165) is 9.13 Å². The van der Waals surface area contributed by atoms with Crippen molar-refractivity contribution in [1.29, 1.82) is 0 Å². The number of aromatic amines is 2. The summed E-state index contributed by atoms with van der Waals surface area (Å²) in [7, 11) is 5.76. The van der Waals surface area contributed by atoms with Gasteiger partial charge in [-0.3, -0.25) is 27.9 Å². The van der Waals surface area contributed by atoms with Crippen LogP contribution in [0.15, 0.2) is 29.4 Å². The van der Waals surface area contributed by atoms with Crippen molar-refractivity contribution >= 4 is 34.8 Å². The molecule has 14 heteroatoms. The SMILES string of the molecule is Cn1c(=O)c2[nH]c(C=NN=Cc3nc4c([nH]3)c(=O)n(C)c(=O)n4C)nc2n(C)c1=O. The highest BCUT2D eigenvalue weighted by Crippen LogP contribution is 2.04. The van der Waals surface area contributed by atoms with Gasteiger partial charge in [-0.25, -0.2) is 19.6 Å². The van der Waals surface area contributed by atoms with Crippen molar-refractivity contribution in [2.75, 3.05) is 0 Å². The molecule has 0 saturated heterocycles. The second-order valence-electron chi connectivity index (χ2n) is 6.54. The van der Waals surface area contributed by atoms with Crippen molar-refractivity contribution in [3.8, 4) is 0 Å². The van der Waals surface area contributed by atoms with Crippen molar-refractivity contribution in [2.24, 2.45) is 38.4 Å². The van der Waals surface area contributed by atoms with Crippen LogP contribution in [0.3, 0.4) is 0 Å². The van der Waals surface area contributed by atoms with Gasteiger partial charge in [0, 0.05) is 28.2 Å². The van der Waals surface area contributed by atoms with Gasteiger partial charge in [-0.15, -0.1) is 0 Å². The van der Waals surface area contributed by atoms with E-state index >= 15 is 0 Å². The first-order chi connectivity index (χ1) is 14.2. The van der Waals surface area contributed by atoms with Gasteiger partial charge in [0.05, 0.1) is 12.4 Å². The van der Waals surface area contributed by atoms with Crippen LogP contribution in [0.1, 0.15) is 11.6 Å². The van der Waals surface area contributed by atoms with E-state index < -0.39 is 22.5 Å². The smallest absolute Gasteiger partial charge is 0.331 e. The zero-order valence-corrected chi connectivity index (χ0v) is 16.4. The molecule has 0 aliphatic rings. The molecule has 0 fully saturated rings. The Kier molecular flexibility index (Phi) is 4.18. The summed E-state index contributed by atoms with van der Waals surface area (Å²) < 4.78 is 4.43. The number of H-pyrrole nitrogens is 2. The predicted molar refractivity (Wildman–Crippen MR) is 108 cm³/mol. The lowest BCUT2D eigenvalue weighted by atomic mass is 10.5. The first-order valence-electron chi connectivity index (χ1n) is 8.58. The third kappa shape index (κ3) is 2.73. The number of hydrogen-bond acceptors (Lipinski definition) is 8. The Morgan fingerprint density at radius 1 is 0.667 bits per heavy atom. The quantitative estimate of drug-likeness (QED) is 0.283. The van der Waals surface area contributed by atoms with Crippen LogP contribution < -0.4 is 22.5 Å². The molecule has 0 atom stereocenters. The lowest BCUT2D eigenvalue weighted by molar-refractivity contribution is 0.709. The molecule has 0 saturated carbocycles. The fourth-order valence-electron chi connectivity index (χ4n) is 2.99. The van der Waals surface area contributed by atoms with E-state index in [9.17, 15) is 19.2 Å². The molecule has 30 heavy (non-hydrogen) atoms. The largest absolute Gasteiger partial charge is 0.332 e. The minimum absolute atomic E-state index is 0.166. The maximum absolute atomic E-state index is 12.2. The Morgan fingerprint density at radius 3 is 1.40 bits per heavy atom. The highest BCUT2D eigenvalue weighted by atomic mass is 16.2. The van der Waals surface area contributed by atoms with Crippen molar-refractivity contribution in [2.45, 2.75) is 0 Å². The van der Waals surface area contributed by atoms with Crippen LogP contribution in [0.2, 0.25) is 0 Å². The third-order valence-corrected chi connectivity index (χ3v) is 4.65. The van der Waals surface area contributed by atoms with E-state index in [1.165, 1.54) is 49.8 Å². The summed E-state index contributed by atoms with van der Waals surface area (Å²) in [6.07, 6.45) is 2.52. The molecular formula is C16H16N10O4. The number of aromatic nitrogens is 8. The van der Waals surface area contributed by atoms with Crippen LogP contribution in [0.4, 0.5) is 0 Å². The van der Waals surface area contributed by atoms with Gasteiger partial charge in [0.1, 0.15) is 11.0 Å². The van der Waals surface area contributed by atoms with E-state index in [2.05, 4.69) is 30.1 Å². The van der Waals surface area contributed by atoms with Gasteiger partial charge in [-0.2, -0.15) is 10.2 Å². The first-order valence-corrected chi connectivity index (χ1v) is 8.58. The number of aryl methyl sites for hydroxylation is 2. The lowest BCUT2D eigenvalue weighted by Crippen LogP contribution is -2.36. The third-order valence-electron chi connectivity index (χ3n) is 4.65. The molecule has 0 aromatic carbocycles. The average Bonchev–Trinajstić information content (AvgIpc) is 3.35. The Labute approximate surface area is 165 Å². The summed E-state index contributed by atoms with van der Waals surface area (Å²) in [5, 5.41) is 7.66. The summed E-state index contributed by atoms with van der Waals surface area (Å²) in [6.45, 7) is 0. The maximum atomic E-state index is 12.2. The molecular weight excluding hydrogens is 396 g/mol. The molecule has 4 aromatic heterocycles. The average molecular weight is 412 g/mol. The van der Waals surface area contributed by atoms with Gasteiger partial charge < -0.3 is 9.97 Å². The summed E-state index contributed by atoms with van der Waals surface area (Å²) in [5.74, 6) is 0.447. The van der Waals surface area contributed by atoms with Crippen LogP contribution in [-0.2, 0) is 28.2 Å². The van der Waals surface area contributed by atoms with Gasteiger partial charge in [0.2, 0.25) is 0 Å². The molecule has 14 nitrogen and oxygen atoms in total. The molecule has 4 heterocycles. The molecule has 0 aliphatic heterocycles. The van der Waals surface area contributed by atoms with Crippen molar-refractivity contribution in [1.82, 2.24) is 38.2 Å². The van der Waals surface area contributed by atoms with Gasteiger partial charge in [-0.1, -0.05) is 0 Å². The molecule has 0 unspecified atom stereocenters. The van der Waals surface area contributed by atoms with E-state index in [-0.39, 0.29) is 34.0 Å². The van der Waals surface area contributed by atoms with Gasteiger partial charge in [-0.05, 0) is 0 Å². The fraction of sp³-hybridized carbons (Fsp3) is 0.250. The van der Waals surface area contributed by atoms with Crippen LogP contribution >= 0.6 is 0 Å². The first kappa shape index (κ1) is 19.0. The Morgan fingerprint density at radius 2 is 1.03 bits per heavy atom. The van der Waals surface area contributed by atoms with E-state index in [4.69, 9.17) is 0 Å². The summed E-state index contributed by atoms with van der Waals surface area (Å²) in [5.41, 5.74) is -1.27. The molecule has 154 valence electrons. The second-order valence-corrected chi connectivity index (χ2v) is 6.54. The zero-order chi connectivity index (χ0) is 21.7. The van der Waals surface area contributed by atoms with E-state index in [1.54, 1.807) is 0 Å². The van der Waals surface area contributed by atoms with Crippen molar-refractivity contribution in [3.05, 3.63) is 53.3 Å². The zero-order valence-electron chi connectivity index (χ0n) is 16.4. The Bertz CT molecular complexity index is 1500. The molecule has 0 amide bonds. The number of imidazole rings is 2. The van der Waals surface area contributed by atoms with Crippen LogP contribution in [0, 0.1) is 0 Å². The maximum Gasteiger partial charge on any atom is 0.332 e. The highest BCUT2D eigenvalue weighted by molar-refractivity contribution is 5.84. The molecule has 4 aromatic rings. The molecule has 0 radical (unpaired) electrons. The number of fused-ring (bicyclic) bond motifs is 2. The van der Waals surface area contributed by atoms with E-state index in [1.807, 2.05) is 0 Å². The minimum Gasteiger partial charge on any atom is -0.331 e. The molecule has 0 spiro atoms. The lowest BCUT2D eigenvalue weighted by Gasteiger charge is -2.00. The second kappa shape index (κ2) is 6.61. The predicted octanol–water partition coefficient (Wildman–Crippen LogP) is -2.31. The van der Waals surface area contributed by atoms with Crippen LogP contribution in [0.25, 0.3) is 22.3 Å². The fourth-order valence-corrected chi connectivity index (χ4v) is 2.99. The Hall–Kier alpha value is -4.36. The van der Waals surface area contributed by atoms with Crippen LogP contribution in [0.5, 0.6) is 0 Å². The molecule has 4 rings (SSSR count). The number of nitrogens with zero attached hydrogens (tertiary/aromatic N) is 8. The minimum atomic E-state index is -0.502. The summed E-state index contributed by atoms with van der Waals surface area (Å²) in [6, 6.07) is 0. The standard InChI is InChI=1S/C16H16N10O4/c1-23-11-9(13(27)25(3)15(23)29)19-7(21-11)5-17-18-6-8-20-10-12(22-8)24(2)16(30)26(4)14(10)28/h5-6H,1-4H3,(H,19,21)(H,20,22). The van der Waals surface area contributed by atoms with Crippen LogP contribution in [-0.4, -0.2) is 50.6 Å². The Balaban J connectivity index is 1.67. The molecule has 2 N–H and O–H groups in total. The number of rotatable bonds is 3. The van der Waals surface area contributed by atoms with Gasteiger partial charge in [0.15, 0.2) is 22.9 Å². The molecule has 0 bridgehead atoms. The number of hydrogen-bond donors (Lipinski definition) is 2. The summed E-state index contributed by atoms with van der Waals surface area (Å²) >= 11 is 0. The molecule has 0 aliphatic carbocycles. The van der Waals surface area contributed by atoms with Gasteiger partial charge in [0.25, 0.3) is 11.1 Å². The normalized spacial score (nSPS) is 12.3. The van der Waals surface area contributed by atoms with Gasteiger partial charge >= 0.3 is 11.4 Å². The van der Waals surface area contributed by atoms with Crippen molar-refractivity contribution < 1.29 is 0 Å². The number of nitrogens with one attached hydrogen (secondary N) is 2. The summed E-state index contributed by atoms with van der Waals surface area (Å²) in [4.78, 5) is 62.1. The van der Waals surface area contributed by atoms with E-state index in [0.29, 0.717) is 0 Å². The highest BCUT2D eigenvalue weighted by Gasteiger charge is 2.13. The van der Waals surface area contributed by atoms with Crippen molar-refractivity contribution in [3.63, 3.8) is 0 Å². The monoisotopic (exact) mass is 412 g/mol. The topological polar surface area (TPSA) is 170 Å².